The SMILES string of the molecule is Cc1ccc(N)cc1N1CCSC(C)(C)C1. The van der Waals surface area contributed by atoms with Crippen molar-refractivity contribution in [2.75, 3.05) is 29.5 Å². The lowest BCUT2D eigenvalue weighted by Crippen LogP contribution is -2.43. The Kier molecular flexibility index (Phi) is 3.06. The van der Waals surface area contributed by atoms with Crippen LogP contribution in [0, 0.1) is 6.92 Å². The zero-order valence-electron chi connectivity index (χ0n) is 10.3. The first kappa shape index (κ1) is 11.6. The smallest absolute Gasteiger partial charge is 0.0417 e. The number of benzene rings is 1. The van der Waals surface area contributed by atoms with Crippen LogP contribution < -0.4 is 10.6 Å². The highest BCUT2D eigenvalue weighted by molar-refractivity contribution is 8.00. The molecule has 3 heteroatoms. The number of nitrogens with two attached hydrogens (primary N) is 1. The summed E-state index contributed by atoms with van der Waals surface area (Å²) in [5.74, 6) is 1.20. The lowest BCUT2D eigenvalue weighted by Gasteiger charge is -2.39. The van der Waals surface area contributed by atoms with Crippen molar-refractivity contribution in [2.45, 2.75) is 25.5 Å². The summed E-state index contributed by atoms with van der Waals surface area (Å²) in [6.07, 6.45) is 0. The summed E-state index contributed by atoms with van der Waals surface area (Å²) in [6, 6.07) is 6.18. The van der Waals surface area contributed by atoms with Gasteiger partial charge in [-0.15, -0.1) is 0 Å². The molecule has 1 aliphatic heterocycles. The van der Waals surface area contributed by atoms with Crippen molar-refractivity contribution in [3.05, 3.63) is 23.8 Å². The van der Waals surface area contributed by atoms with Gasteiger partial charge in [0, 0.05) is 35.0 Å². The van der Waals surface area contributed by atoms with E-state index in [1.807, 2.05) is 6.07 Å². The summed E-state index contributed by atoms with van der Waals surface area (Å²) in [4.78, 5) is 2.46. The molecule has 88 valence electrons. The van der Waals surface area contributed by atoms with E-state index in [0.717, 1.165) is 18.8 Å². The normalized spacial score (nSPS) is 19.8. The maximum Gasteiger partial charge on any atom is 0.0417 e. The Morgan fingerprint density at radius 2 is 2.12 bits per heavy atom. The van der Waals surface area contributed by atoms with E-state index >= 15 is 0 Å². The maximum atomic E-state index is 5.87. The number of anilines is 2. The van der Waals surface area contributed by atoms with E-state index in [1.165, 1.54) is 17.0 Å². The molecule has 1 aliphatic rings. The molecule has 0 saturated carbocycles. The highest BCUT2D eigenvalue weighted by atomic mass is 32.2. The molecule has 1 aromatic rings. The average molecular weight is 236 g/mol. The number of nitrogens with zero attached hydrogens (tertiary/aromatic N) is 1. The Morgan fingerprint density at radius 1 is 1.38 bits per heavy atom. The predicted octanol–water partition coefficient (Wildman–Crippen LogP) is 2.91. The minimum absolute atomic E-state index is 0.343. The molecule has 0 bridgehead atoms. The summed E-state index contributed by atoms with van der Waals surface area (Å²) >= 11 is 2.06. The second-order valence-electron chi connectivity index (χ2n) is 5.08. The van der Waals surface area contributed by atoms with Gasteiger partial charge in [-0.1, -0.05) is 6.07 Å². The number of rotatable bonds is 1. The fourth-order valence-electron chi connectivity index (χ4n) is 2.19. The van der Waals surface area contributed by atoms with Gasteiger partial charge in [0.05, 0.1) is 0 Å². The van der Waals surface area contributed by atoms with Crippen LogP contribution in [0.15, 0.2) is 18.2 Å². The van der Waals surface area contributed by atoms with Crippen molar-refractivity contribution in [3.63, 3.8) is 0 Å². The fourth-order valence-corrected chi connectivity index (χ4v) is 3.30. The zero-order chi connectivity index (χ0) is 11.8. The molecular weight excluding hydrogens is 216 g/mol. The summed E-state index contributed by atoms with van der Waals surface area (Å²) in [6.45, 7) is 9.00. The molecular formula is C13H20N2S. The molecule has 2 rings (SSSR count). The van der Waals surface area contributed by atoms with E-state index in [1.54, 1.807) is 0 Å². The van der Waals surface area contributed by atoms with Crippen molar-refractivity contribution < 1.29 is 0 Å². The molecule has 1 fully saturated rings. The topological polar surface area (TPSA) is 29.3 Å². The van der Waals surface area contributed by atoms with E-state index in [4.69, 9.17) is 5.73 Å². The second-order valence-corrected chi connectivity index (χ2v) is 6.88. The third kappa shape index (κ3) is 2.46. The highest BCUT2D eigenvalue weighted by Gasteiger charge is 2.27. The van der Waals surface area contributed by atoms with Crippen LogP contribution in [-0.4, -0.2) is 23.6 Å². The van der Waals surface area contributed by atoms with Crippen molar-refractivity contribution >= 4 is 23.1 Å². The Balaban J connectivity index is 2.26. The largest absolute Gasteiger partial charge is 0.399 e. The van der Waals surface area contributed by atoms with Gasteiger partial charge < -0.3 is 10.6 Å². The molecule has 0 amide bonds. The van der Waals surface area contributed by atoms with Gasteiger partial charge in [0.1, 0.15) is 0 Å². The molecule has 1 aromatic carbocycles. The van der Waals surface area contributed by atoms with Crippen molar-refractivity contribution in [3.8, 4) is 0 Å². The molecule has 0 aromatic heterocycles. The monoisotopic (exact) mass is 236 g/mol. The van der Waals surface area contributed by atoms with Crippen LogP contribution in [0.5, 0.6) is 0 Å². The molecule has 0 spiro atoms. The Hall–Kier alpha value is -0.830. The molecule has 0 aliphatic carbocycles. The molecule has 1 heterocycles. The molecule has 2 N–H and O–H groups in total. The van der Waals surface area contributed by atoms with E-state index in [2.05, 4.69) is 49.6 Å². The number of nitrogen functional groups attached to an aromatic ring is 1. The second kappa shape index (κ2) is 4.21. The molecule has 0 radical (unpaired) electrons. The van der Waals surface area contributed by atoms with Gasteiger partial charge in [0.2, 0.25) is 0 Å². The molecule has 0 unspecified atom stereocenters. The number of aryl methyl sites for hydroxylation is 1. The molecule has 1 saturated heterocycles. The van der Waals surface area contributed by atoms with Crippen molar-refractivity contribution in [1.82, 2.24) is 0 Å². The van der Waals surface area contributed by atoms with E-state index in [9.17, 15) is 0 Å². The summed E-state index contributed by atoms with van der Waals surface area (Å²) in [5.41, 5.74) is 9.34. The summed E-state index contributed by atoms with van der Waals surface area (Å²) in [5, 5.41) is 0. The zero-order valence-corrected chi connectivity index (χ0v) is 11.1. The van der Waals surface area contributed by atoms with Gasteiger partial charge in [-0.05, 0) is 38.5 Å². The fraction of sp³-hybridized carbons (Fsp3) is 0.538. The van der Waals surface area contributed by atoms with Crippen LogP contribution in [0.3, 0.4) is 0 Å². The van der Waals surface area contributed by atoms with Crippen LogP contribution in [0.4, 0.5) is 11.4 Å². The molecule has 2 nitrogen and oxygen atoms in total. The van der Waals surface area contributed by atoms with Gasteiger partial charge in [0.25, 0.3) is 0 Å². The van der Waals surface area contributed by atoms with E-state index in [-0.39, 0.29) is 0 Å². The molecule has 16 heavy (non-hydrogen) atoms. The van der Waals surface area contributed by atoms with Crippen LogP contribution in [-0.2, 0) is 0 Å². The molecule has 0 atom stereocenters. The van der Waals surface area contributed by atoms with Gasteiger partial charge in [-0.2, -0.15) is 11.8 Å². The van der Waals surface area contributed by atoms with Crippen molar-refractivity contribution in [1.29, 1.82) is 0 Å². The summed E-state index contributed by atoms with van der Waals surface area (Å²) < 4.78 is 0.343. The number of thioether (sulfide) groups is 1. The van der Waals surface area contributed by atoms with Crippen LogP contribution in [0.1, 0.15) is 19.4 Å². The minimum atomic E-state index is 0.343. The highest BCUT2D eigenvalue weighted by Crippen LogP contribution is 2.33. The van der Waals surface area contributed by atoms with Crippen LogP contribution in [0.2, 0.25) is 0 Å². The van der Waals surface area contributed by atoms with Gasteiger partial charge in [-0.25, -0.2) is 0 Å². The minimum Gasteiger partial charge on any atom is -0.399 e. The lowest BCUT2D eigenvalue weighted by atomic mass is 10.1. The average Bonchev–Trinajstić information content (AvgIpc) is 2.20. The van der Waals surface area contributed by atoms with Gasteiger partial charge >= 0.3 is 0 Å². The Labute approximate surface area is 102 Å². The quantitative estimate of drug-likeness (QED) is 0.760. The third-order valence-corrected chi connectivity index (χ3v) is 4.30. The maximum absolute atomic E-state index is 5.87. The first-order valence-electron chi connectivity index (χ1n) is 5.73. The predicted molar refractivity (Wildman–Crippen MR) is 74.3 cm³/mol. The van der Waals surface area contributed by atoms with Gasteiger partial charge in [-0.3, -0.25) is 0 Å². The van der Waals surface area contributed by atoms with E-state index < -0.39 is 0 Å². The Morgan fingerprint density at radius 3 is 2.81 bits per heavy atom. The third-order valence-electron chi connectivity index (χ3n) is 3.00. The lowest BCUT2D eigenvalue weighted by molar-refractivity contribution is 0.647. The first-order chi connectivity index (χ1) is 7.48. The number of hydrogen-bond donors (Lipinski definition) is 1. The standard InChI is InChI=1S/C13H20N2S/c1-10-4-5-11(14)8-12(10)15-6-7-16-13(2,3)9-15/h4-5,8H,6-7,9,14H2,1-3H3. The summed E-state index contributed by atoms with van der Waals surface area (Å²) in [7, 11) is 0. The van der Waals surface area contributed by atoms with E-state index in [0.29, 0.717) is 4.75 Å². The Bertz CT molecular complexity index is 388. The number of hydrogen-bond acceptors (Lipinski definition) is 3. The van der Waals surface area contributed by atoms with Crippen molar-refractivity contribution in [2.24, 2.45) is 0 Å². The van der Waals surface area contributed by atoms with Crippen LogP contribution in [0.25, 0.3) is 0 Å². The first-order valence-corrected chi connectivity index (χ1v) is 6.71. The van der Waals surface area contributed by atoms with Crippen LogP contribution >= 0.6 is 11.8 Å². The van der Waals surface area contributed by atoms with Gasteiger partial charge in [0.15, 0.2) is 0 Å².